The summed E-state index contributed by atoms with van der Waals surface area (Å²) in [4.78, 5) is 14.9. The fourth-order valence-corrected chi connectivity index (χ4v) is 1.37. The molecule has 0 atom stereocenters. The van der Waals surface area contributed by atoms with Crippen LogP contribution in [-0.4, -0.2) is 22.7 Å². The highest BCUT2D eigenvalue weighted by molar-refractivity contribution is 5.89. The van der Waals surface area contributed by atoms with Crippen molar-refractivity contribution in [1.82, 2.24) is 4.98 Å². The summed E-state index contributed by atoms with van der Waals surface area (Å²) in [6.45, 7) is 1.27. The van der Waals surface area contributed by atoms with Crippen molar-refractivity contribution in [3.8, 4) is 5.75 Å². The van der Waals surface area contributed by atoms with E-state index in [4.69, 9.17) is 5.73 Å². The van der Waals surface area contributed by atoms with Crippen LogP contribution in [0.1, 0.15) is 35.0 Å². The zero-order valence-corrected chi connectivity index (χ0v) is 9.11. The van der Waals surface area contributed by atoms with Crippen LogP contribution in [0.5, 0.6) is 5.75 Å². The summed E-state index contributed by atoms with van der Waals surface area (Å²) < 4.78 is 30.3. The second-order valence-electron chi connectivity index (χ2n) is 3.11. The average Bonchev–Trinajstić information content (AvgIpc) is 2.28. The first-order valence-electron chi connectivity index (χ1n) is 4.89. The van der Waals surface area contributed by atoms with E-state index in [1.165, 1.54) is 0 Å². The molecule has 0 amide bonds. The molecule has 94 valence electrons. The van der Waals surface area contributed by atoms with E-state index in [2.05, 4.69) is 9.72 Å². The minimum Gasteiger partial charge on any atom is -0.506 e. The maximum absolute atomic E-state index is 12.8. The van der Waals surface area contributed by atoms with Crippen LogP contribution in [0.4, 0.5) is 8.78 Å². The Kier molecular flexibility index (Phi) is 4.33. The van der Waals surface area contributed by atoms with Crippen LogP contribution in [-0.2, 0) is 11.3 Å². The monoisotopic (exact) mass is 246 g/mol. The van der Waals surface area contributed by atoms with Crippen LogP contribution in [0.2, 0.25) is 0 Å². The van der Waals surface area contributed by atoms with E-state index in [-0.39, 0.29) is 18.7 Å². The Labute approximate surface area is 96.2 Å². The molecule has 0 bridgehead atoms. The van der Waals surface area contributed by atoms with E-state index in [1.54, 1.807) is 6.92 Å². The van der Waals surface area contributed by atoms with Gasteiger partial charge in [-0.25, -0.2) is 18.6 Å². The molecule has 5 nitrogen and oxygen atoms in total. The number of esters is 1. The van der Waals surface area contributed by atoms with E-state index in [9.17, 15) is 18.7 Å². The third-order valence-electron chi connectivity index (χ3n) is 2.10. The van der Waals surface area contributed by atoms with Crippen LogP contribution in [0, 0.1) is 0 Å². The van der Waals surface area contributed by atoms with Crippen molar-refractivity contribution >= 4 is 5.97 Å². The number of alkyl halides is 2. The number of ether oxygens (including phenoxy) is 1. The summed E-state index contributed by atoms with van der Waals surface area (Å²) in [5, 5.41) is 9.35. The minimum absolute atomic E-state index is 0.0437. The summed E-state index contributed by atoms with van der Waals surface area (Å²) in [7, 11) is 0. The fourth-order valence-electron chi connectivity index (χ4n) is 1.37. The standard InChI is InChI=1S/C10H12F2N2O3/c1-2-17-10(16)8-7(9(11)12)5(3-13)6(15)4-14-8/h4,9,15H,2-3,13H2,1H3. The molecule has 1 rings (SSSR count). The van der Waals surface area contributed by atoms with E-state index in [0.29, 0.717) is 0 Å². The number of carbonyl (C=O) groups excluding carboxylic acids is 1. The first-order chi connectivity index (χ1) is 8.02. The largest absolute Gasteiger partial charge is 0.506 e. The zero-order chi connectivity index (χ0) is 13.0. The van der Waals surface area contributed by atoms with Crippen molar-refractivity contribution in [2.45, 2.75) is 19.9 Å². The number of nitrogens with two attached hydrogens (primary N) is 1. The van der Waals surface area contributed by atoms with Gasteiger partial charge in [-0.05, 0) is 6.92 Å². The summed E-state index contributed by atoms with van der Waals surface area (Å²) in [5.74, 6) is -1.42. The maximum atomic E-state index is 12.8. The molecule has 1 heterocycles. The molecule has 0 radical (unpaired) electrons. The van der Waals surface area contributed by atoms with Gasteiger partial charge in [0.2, 0.25) is 0 Å². The lowest BCUT2D eigenvalue weighted by Gasteiger charge is -2.12. The first-order valence-corrected chi connectivity index (χ1v) is 4.89. The van der Waals surface area contributed by atoms with Crippen LogP contribution < -0.4 is 5.73 Å². The van der Waals surface area contributed by atoms with Gasteiger partial charge in [-0.1, -0.05) is 0 Å². The van der Waals surface area contributed by atoms with Gasteiger partial charge in [0.1, 0.15) is 5.75 Å². The molecule has 3 N–H and O–H groups in total. The predicted octanol–water partition coefficient (Wildman–Crippen LogP) is 1.36. The van der Waals surface area contributed by atoms with Crippen molar-refractivity contribution in [2.24, 2.45) is 5.73 Å². The van der Waals surface area contributed by atoms with Crippen molar-refractivity contribution in [2.75, 3.05) is 6.61 Å². The number of rotatable bonds is 4. The number of halogens is 2. The molecule has 7 heteroatoms. The normalized spacial score (nSPS) is 10.6. The molecule has 0 fully saturated rings. The molecule has 0 aliphatic rings. The molecule has 0 unspecified atom stereocenters. The van der Waals surface area contributed by atoms with Gasteiger partial charge in [-0.2, -0.15) is 0 Å². The van der Waals surface area contributed by atoms with E-state index in [1.807, 2.05) is 0 Å². The first kappa shape index (κ1) is 13.3. The van der Waals surface area contributed by atoms with Crippen molar-refractivity contribution in [1.29, 1.82) is 0 Å². The van der Waals surface area contributed by atoms with Gasteiger partial charge < -0.3 is 15.6 Å². The maximum Gasteiger partial charge on any atom is 0.357 e. The van der Waals surface area contributed by atoms with Gasteiger partial charge in [0.25, 0.3) is 6.43 Å². The van der Waals surface area contributed by atoms with E-state index in [0.717, 1.165) is 6.20 Å². The SMILES string of the molecule is CCOC(=O)c1ncc(O)c(CN)c1C(F)F. The Hall–Kier alpha value is -1.76. The Morgan fingerprint density at radius 3 is 2.76 bits per heavy atom. The lowest BCUT2D eigenvalue weighted by molar-refractivity contribution is 0.0507. The molecule has 0 aliphatic carbocycles. The van der Waals surface area contributed by atoms with Gasteiger partial charge in [0.05, 0.1) is 18.4 Å². The summed E-state index contributed by atoms with van der Waals surface area (Å²) in [6.07, 6.45) is -2.06. The highest BCUT2D eigenvalue weighted by Crippen LogP contribution is 2.31. The molecule has 0 saturated heterocycles. The second-order valence-corrected chi connectivity index (χ2v) is 3.11. The molecule has 0 aliphatic heterocycles. The molecule has 0 spiro atoms. The van der Waals surface area contributed by atoms with Crippen LogP contribution in [0.25, 0.3) is 0 Å². The third-order valence-corrected chi connectivity index (χ3v) is 2.10. The van der Waals surface area contributed by atoms with Gasteiger partial charge in [-0.3, -0.25) is 0 Å². The number of pyridine rings is 1. The summed E-state index contributed by atoms with van der Waals surface area (Å²) in [6, 6.07) is 0. The lowest BCUT2D eigenvalue weighted by Crippen LogP contribution is -2.14. The van der Waals surface area contributed by atoms with Crippen LogP contribution in [0.15, 0.2) is 6.20 Å². The summed E-state index contributed by atoms with van der Waals surface area (Å²) >= 11 is 0. The highest BCUT2D eigenvalue weighted by atomic mass is 19.3. The molecular formula is C10H12F2N2O3. The summed E-state index contributed by atoms with van der Waals surface area (Å²) in [5.41, 5.74) is 3.87. The molecule has 1 aromatic heterocycles. The Bertz CT molecular complexity index is 424. The molecule has 17 heavy (non-hydrogen) atoms. The minimum atomic E-state index is -2.97. The Balaban J connectivity index is 3.35. The number of carbonyl (C=O) groups is 1. The number of nitrogens with zero attached hydrogens (tertiary/aromatic N) is 1. The van der Waals surface area contributed by atoms with E-state index < -0.39 is 29.4 Å². The molecule has 0 saturated carbocycles. The predicted molar refractivity (Wildman–Crippen MR) is 54.7 cm³/mol. The second kappa shape index (κ2) is 5.53. The van der Waals surface area contributed by atoms with Gasteiger partial charge in [0, 0.05) is 12.1 Å². The van der Waals surface area contributed by atoms with E-state index >= 15 is 0 Å². The lowest BCUT2D eigenvalue weighted by atomic mass is 10.1. The molecular weight excluding hydrogens is 234 g/mol. The Morgan fingerprint density at radius 2 is 2.29 bits per heavy atom. The number of hydrogen-bond donors (Lipinski definition) is 2. The Morgan fingerprint density at radius 1 is 1.65 bits per heavy atom. The van der Waals surface area contributed by atoms with Crippen molar-refractivity contribution in [3.63, 3.8) is 0 Å². The number of aromatic nitrogens is 1. The van der Waals surface area contributed by atoms with Crippen LogP contribution in [0.3, 0.4) is 0 Å². The quantitative estimate of drug-likeness (QED) is 0.783. The topological polar surface area (TPSA) is 85.4 Å². The van der Waals surface area contributed by atoms with Crippen molar-refractivity contribution < 1.29 is 23.4 Å². The molecule has 1 aromatic rings. The smallest absolute Gasteiger partial charge is 0.357 e. The highest BCUT2D eigenvalue weighted by Gasteiger charge is 2.26. The van der Waals surface area contributed by atoms with Crippen molar-refractivity contribution in [3.05, 3.63) is 23.0 Å². The zero-order valence-electron chi connectivity index (χ0n) is 9.11. The van der Waals surface area contributed by atoms with Gasteiger partial charge in [0.15, 0.2) is 5.69 Å². The number of aromatic hydroxyl groups is 1. The number of hydrogen-bond acceptors (Lipinski definition) is 5. The average molecular weight is 246 g/mol. The third kappa shape index (κ3) is 2.68. The fraction of sp³-hybridized carbons (Fsp3) is 0.400. The van der Waals surface area contributed by atoms with Gasteiger partial charge >= 0.3 is 5.97 Å². The molecule has 0 aromatic carbocycles. The van der Waals surface area contributed by atoms with Gasteiger partial charge in [-0.15, -0.1) is 0 Å². The van der Waals surface area contributed by atoms with Crippen LogP contribution >= 0.6 is 0 Å².